The number of carbonyl (C=O) groups is 3. The van der Waals surface area contributed by atoms with Gasteiger partial charge in [-0.15, -0.1) is 6.58 Å². The van der Waals surface area contributed by atoms with E-state index in [9.17, 15) is 70.7 Å². The van der Waals surface area contributed by atoms with Crippen molar-refractivity contribution in [1.29, 1.82) is 26.3 Å². The predicted octanol–water partition coefficient (Wildman–Crippen LogP) is 23.9. The van der Waals surface area contributed by atoms with E-state index in [2.05, 4.69) is 124 Å². The highest BCUT2D eigenvalue weighted by Gasteiger charge is 2.36. The number of aromatic nitrogens is 5. The second-order valence-corrected chi connectivity index (χ2v) is 37.1. The van der Waals surface area contributed by atoms with Crippen LogP contribution >= 0.6 is 0 Å². The average molecular weight is 1970 g/mol. The van der Waals surface area contributed by atoms with Crippen LogP contribution in [0.2, 0.25) is 0 Å². The zero-order valence-electron chi connectivity index (χ0n) is 81.6. The summed E-state index contributed by atoms with van der Waals surface area (Å²) in [7, 11) is -0.255. The van der Waals surface area contributed by atoms with Crippen LogP contribution in [0.4, 0.5) is 56.0 Å². The number of halogens is 3. The quantitative estimate of drug-likeness (QED) is 0.0187. The van der Waals surface area contributed by atoms with Crippen molar-refractivity contribution in [2.75, 3.05) is 79.7 Å². The standard InChI is InChI=1S/C23H26N4O2.C23H24N4O2.C22H24N4O2.C22H23N3O3S.C19H16F3N3O2S/c2*1-4-12-25-23(28)26-17-8-6-16(7-9-17)22-20(15-24)19-14-18(29-3)10-11-21(19)27(22)13-5-2;1-4-12-26-20-11-10-17(28-3)13-18(20)19(14-23)21(26)15-6-8-16(9-7-15)25-22(27)24-5-2;1-3-12-25-21-11-8-17(28-2)13-19(21)20(14-23)22(25)15-4-6-16(7-5-15)24-29(26,27)18-9-10-18;1-3-25-17-10-13(19(20,21)22)6-9-15(17)16(11-23)18(25)12-4-7-14(8-5-12)24-28(2,26)27/h6-11,14H,4-5,12-13H2,1-3H3,(H2,25,26,28);4,6-11,14H,1,5,12-13H2,2-3H3,(H2,25,26,28);6-11,13H,4-5,12H2,1-3H3,(H2,24,25,27);4-8,11,13,18,24H,3,9-10,12H2,1-2H3;4-10,24H,3H2,1-2H3. The number of alkyl halides is 3. The Bertz CT molecular complexity index is 7640. The van der Waals surface area contributed by atoms with Crippen molar-refractivity contribution in [3.05, 3.63) is 258 Å². The topological polar surface area (TPSA) is 396 Å². The number of rotatable bonds is 31. The van der Waals surface area contributed by atoms with Crippen molar-refractivity contribution in [2.24, 2.45) is 0 Å². The summed E-state index contributed by atoms with van der Waals surface area (Å²) in [6.45, 7) is 22.8. The molecule has 0 atom stereocenters. The van der Waals surface area contributed by atoms with Gasteiger partial charge in [0.1, 0.15) is 53.3 Å². The maximum absolute atomic E-state index is 13.1. The first kappa shape index (κ1) is 105. The van der Waals surface area contributed by atoms with Crippen LogP contribution in [0.1, 0.15) is 127 Å². The van der Waals surface area contributed by atoms with Gasteiger partial charge >= 0.3 is 24.3 Å². The van der Waals surface area contributed by atoms with Gasteiger partial charge in [0.25, 0.3) is 0 Å². The first-order valence-corrected chi connectivity index (χ1v) is 50.2. The maximum Gasteiger partial charge on any atom is 0.416 e. The molecular weight excluding hydrogens is 1860 g/mol. The van der Waals surface area contributed by atoms with Crippen molar-refractivity contribution < 1.29 is 63.3 Å². The summed E-state index contributed by atoms with van der Waals surface area (Å²) in [5, 5.41) is 69.5. The monoisotopic (exact) mass is 1970 g/mol. The Labute approximate surface area is 829 Å². The highest BCUT2D eigenvalue weighted by Crippen LogP contribution is 2.44. The molecule has 15 aromatic rings. The molecule has 0 radical (unpaired) electrons. The van der Waals surface area contributed by atoms with Crippen LogP contribution in [0, 0.1) is 56.7 Å². The van der Waals surface area contributed by atoms with E-state index in [0.29, 0.717) is 105 Å². The lowest BCUT2D eigenvalue weighted by Gasteiger charge is -2.12. The van der Waals surface area contributed by atoms with E-state index < -0.39 is 31.8 Å². The molecule has 0 aliphatic heterocycles. The Morgan fingerprint density at radius 2 is 0.685 bits per heavy atom. The van der Waals surface area contributed by atoms with E-state index in [0.717, 1.165) is 195 Å². The fourth-order valence-electron chi connectivity index (χ4n) is 17.0. The number of nitrogens with zero attached hydrogens (tertiary/aromatic N) is 10. The number of methoxy groups -OCH3 is 4. The van der Waals surface area contributed by atoms with Crippen LogP contribution in [-0.4, -0.2) is 117 Å². The van der Waals surface area contributed by atoms with Crippen molar-refractivity contribution in [1.82, 2.24) is 38.8 Å². The maximum atomic E-state index is 13.1. The number of ether oxygens (including phenoxy) is 4. The summed E-state index contributed by atoms with van der Waals surface area (Å²) in [5.41, 5.74) is 17.5. The zero-order chi connectivity index (χ0) is 103. The fourth-order valence-corrected chi connectivity index (χ4v) is 19.0. The molecule has 0 spiro atoms. The molecule has 738 valence electrons. The van der Waals surface area contributed by atoms with Crippen LogP contribution in [0.15, 0.2) is 225 Å². The van der Waals surface area contributed by atoms with E-state index in [4.69, 9.17) is 18.9 Å². The van der Waals surface area contributed by atoms with Gasteiger partial charge in [-0.2, -0.15) is 39.5 Å². The van der Waals surface area contributed by atoms with Crippen LogP contribution in [0.5, 0.6) is 23.0 Å². The third kappa shape index (κ3) is 24.6. The highest BCUT2D eigenvalue weighted by molar-refractivity contribution is 7.93. The van der Waals surface area contributed by atoms with Crippen molar-refractivity contribution in [3.63, 3.8) is 0 Å². The highest BCUT2D eigenvalue weighted by atomic mass is 32.2. The van der Waals surface area contributed by atoms with Gasteiger partial charge in [0.05, 0.1) is 129 Å². The largest absolute Gasteiger partial charge is 0.497 e. The number of benzene rings is 10. The summed E-state index contributed by atoms with van der Waals surface area (Å²) in [6, 6.07) is 73.6. The summed E-state index contributed by atoms with van der Waals surface area (Å²) in [5.74, 6) is 2.89. The summed E-state index contributed by atoms with van der Waals surface area (Å²) >= 11 is 0. The third-order valence-corrected chi connectivity index (χ3v) is 26.0. The van der Waals surface area contributed by atoms with Gasteiger partial charge in [0.2, 0.25) is 20.0 Å². The van der Waals surface area contributed by atoms with Gasteiger partial charge in [-0.05, 0) is 232 Å². The Morgan fingerprint density at radius 1 is 0.385 bits per heavy atom. The number of amides is 6. The fraction of sp³-hybridized carbons (Fsp3) is 0.266. The molecule has 5 heterocycles. The van der Waals surface area contributed by atoms with E-state index in [1.165, 1.54) is 18.2 Å². The van der Waals surface area contributed by atoms with Gasteiger partial charge in [-0.3, -0.25) is 9.44 Å². The molecule has 0 bridgehead atoms. The van der Waals surface area contributed by atoms with Gasteiger partial charge in [0.15, 0.2) is 0 Å². The smallest absolute Gasteiger partial charge is 0.416 e. The second-order valence-electron chi connectivity index (χ2n) is 33.4. The summed E-state index contributed by atoms with van der Waals surface area (Å²) in [6.07, 6.45) is 4.26. The molecule has 10 aromatic carbocycles. The number of aryl methyl sites for hydroxylation is 5. The third-order valence-electron chi connectivity index (χ3n) is 23.5. The van der Waals surface area contributed by atoms with Gasteiger partial charge < -0.3 is 73.7 Å². The van der Waals surface area contributed by atoms with E-state index in [1.54, 1.807) is 70.3 Å². The number of sulfonamides is 2. The summed E-state index contributed by atoms with van der Waals surface area (Å²) in [4.78, 5) is 35.4. The molecule has 1 aliphatic carbocycles. The number of hydrogen-bond acceptors (Lipinski definition) is 16. The molecule has 29 nitrogen and oxygen atoms in total. The lowest BCUT2D eigenvalue weighted by atomic mass is 10.0. The Balaban J connectivity index is 0.000000159. The molecule has 1 fully saturated rings. The van der Waals surface area contributed by atoms with Gasteiger partial charge in [-0.25, -0.2) is 31.2 Å². The number of fused-ring (bicyclic) bond motifs is 5. The normalized spacial score (nSPS) is 11.5. The van der Waals surface area contributed by atoms with Crippen molar-refractivity contribution in [3.8, 4) is 110 Å². The minimum absolute atomic E-state index is 0.218. The average Bonchev–Trinajstić information content (AvgIpc) is 1.64. The molecule has 34 heteroatoms. The molecule has 1 aliphatic rings. The van der Waals surface area contributed by atoms with Crippen LogP contribution < -0.4 is 60.3 Å². The summed E-state index contributed by atoms with van der Waals surface area (Å²) < 4.78 is 123. The zero-order valence-corrected chi connectivity index (χ0v) is 83.2. The molecule has 5 aromatic heterocycles. The SMILES string of the molecule is C=CCNC(=O)Nc1ccc(-c2c(C#N)c3cc(OC)ccc3n2CCC)cc1.CCCNC(=O)Nc1ccc(-c2c(C#N)c3cc(OC)ccc3n2CCC)cc1.CCCn1c(-c2ccc(NC(=O)NCC)cc2)c(C#N)c2cc(OC)ccc21.CCCn1c(-c2ccc(NS(=O)(=O)C3CC3)cc2)c(C#N)c2cc(OC)ccc21.CCn1c(-c2ccc(NS(C)(=O)=O)cc2)c(C#N)c2ccc(C(F)(F)F)cc21. The molecule has 0 unspecified atom stereocenters. The van der Waals surface area contributed by atoms with Gasteiger partial charge in [0, 0.05) is 108 Å². The Kier molecular flexibility index (Phi) is 35.2. The molecule has 143 heavy (non-hydrogen) atoms. The Hall–Kier alpha value is -16.6. The van der Waals surface area contributed by atoms with Gasteiger partial charge in [-0.1, -0.05) is 107 Å². The second kappa shape index (κ2) is 47.8. The number of hydrogen-bond donors (Lipinski definition) is 8. The van der Waals surface area contributed by atoms with Crippen molar-refractivity contribution >= 4 is 121 Å². The van der Waals surface area contributed by atoms with E-state index in [-0.39, 0.29) is 28.9 Å². The molecule has 1 saturated carbocycles. The van der Waals surface area contributed by atoms with Crippen LogP contribution in [0.3, 0.4) is 0 Å². The number of carbonyl (C=O) groups excluding carboxylic acids is 3. The molecular formula is C109H113F3N18O11S2. The minimum atomic E-state index is -4.48. The first-order chi connectivity index (χ1) is 68.9. The number of nitrogens with one attached hydrogen (secondary N) is 8. The lowest BCUT2D eigenvalue weighted by Crippen LogP contribution is -2.29. The lowest BCUT2D eigenvalue weighted by molar-refractivity contribution is -0.137. The Morgan fingerprint density at radius 3 is 0.958 bits per heavy atom. The first-order valence-electron chi connectivity index (χ1n) is 46.7. The molecule has 16 rings (SSSR count). The number of nitriles is 5. The number of urea groups is 3. The molecule has 0 saturated heterocycles. The molecule has 8 N–H and O–H groups in total. The van der Waals surface area contributed by atoms with Crippen LogP contribution in [0.25, 0.3) is 111 Å². The predicted molar refractivity (Wildman–Crippen MR) is 560 cm³/mol. The van der Waals surface area contributed by atoms with Crippen LogP contribution in [-0.2, 0) is 58.9 Å². The van der Waals surface area contributed by atoms with Crippen molar-refractivity contribution in [2.45, 2.75) is 138 Å². The van der Waals surface area contributed by atoms with E-state index >= 15 is 0 Å². The molecule has 6 amide bonds. The van der Waals surface area contributed by atoms with E-state index in [1.807, 2.05) is 172 Å². The number of anilines is 5. The minimum Gasteiger partial charge on any atom is -0.497 e.